The molecule has 5 heteroatoms. The molecule has 0 saturated heterocycles. The van der Waals surface area contributed by atoms with Gasteiger partial charge in [0.25, 0.3) is 0 Å². The Labute approximate surface area is 125 Å². The number of carbonyl (C=O) groups is 1. The van der Waals surface area contributed by atoms with Crippen LogP contribution in [0.1, 0.15) is 33.0 Å². The van der Waals surface area contributed by atoms with Crippen LogP contribution in [-0.4, -0.2) is 22.0 Å². The van der Waals surface area contributed by atoms with Gasteiger partial charge >= 0.3 is 0 Å². The highest BCUT2D eigenvalue weighted by atomic mass is 16.1. The van der Waals surface area contributed by atoms with Crippen LogP contribution in [-0.2, 0) is 17.8 Å². The van der Waals surface area contributed by atoms with Gasteiger partial charge in [-0.1, -0.05) is 26.8 Å². The molecule has 5 nitrogen and oxygen atoms in total. The summed E-state index contributed by atoms with van der Waals surface area (Å²) < 4.78 is 1.98. The van der Waals surface area contributed by atoms with Gasteiger partial charge in [0.1, 0.15) is 17.9 Å². The lowest BCUT2D eigenvalue weighted by Crippen LogP contribution is -2.31. The number of imidazole rings is 1. The SMILES string of the molecule is CCCc1nc2c(N)cccc2n1CC(=O)NCC(C)C. The van der Waals surface area contributed by atoms with Crippen molar-refractivity contribution in [2.24, 2.45) is 5.92 Å². The third kappa shape index (κ3) is 3.54. The molecule has 3 N–H and O–H groups in total. The van der Waals surface area contributed by atoms with Crippen molar-refractivity contribution in [2.45, 2.75) is 40.2 Å². The van der Waals surface area contributed by atoms with E-state index in [1.807, 2.05) is 22.8 Å². The first-order valence-corrected chi connectivity index (χ1v) is 7.53. The largest absolute Gasteiger partial charge is 0.397 e. The number of nitrogens with zero attached hydrogens (tertiary/aromatic N) is 2. The molecule has 1 aromatic heterocycles. The predicted molar refractivity (Wildman–Crippen MR) is 86.0 cm³/mol. The van der Waals surface area contributed by atoms with Gasteiger partial charge in [0, 0.05) is 13.0 Å². The summed E-state index contributed by atoms with van der Waals surface area (Å²) in [6, 6.07) is 5.71. The van der Waals surface area contributed by atoms with Crippen LogP contribution in [0.25, 0.3) is 11.0 Å². The number of hydrogen-bond acceptors (Lipinski definition) is 3. The molecule has 0 aliphatic carbocycles. The average Bonchev–Trinajstić information content (AvgIpc) is 2.77. The second-order valence-corrected chi connectivity index (χ2v) is 5.78. The number of amides is 1. The predicted octanol–water partition coefficient (Wildman–Crippen LogP) is 2.34. The molecule has 0 saturated carbocycles. The van der Waals surface area contributed by atoms with Gasteiger partial charge in [0.05, 0.1) is 11.2 Å². The Morgan fingerprint density at radius 1 is 1.43 bits per heavy atom. The Balaban J connectivity index is 2.30. The van der Waals surface area contributed by atoms with Gasteiger partial charge < -0.3 is 15.6 Å². The molecule has 0 unspecified atom stereocenters. The number of aryl methyl sites for hydroxylation is 1. The van der Waals surface area contributed by atoms with E-state index in [-0.39, 0.29) is 5.91 Å². The molecule has 0 bridgehead atoms. The minimum atomic E-state index is 0.0165. The zero-order valence-electron chi connectivity index (χ0n) is 13.0. The molecular weight excluding hydrogens is 264 g/mol. The molecule has 1 heterocycles. The van der Waals surface area contributed by atoms with Crippen LogP contribution >= 0.6 is 0 Å². The number of nitrogens with two attached hydrogens (primary N) is 1. The molecule has 2 rings (SSSR count). The van der Waals surface area contributed by atoms with Crippen LogP contribution in [0.2, 0.25) is 0 Å². The number of carbonyl (C=O) groups excluding carboxylic acids is 1. The van der Waals surface area contributed by atoms with Gasteiger partial charge in [-0.05, 0) is 24.5 Å². The van der Waals surface area contributed by atoms with Crippen molar-refractivity contribution in [1.29, 1.82) is 0 Å². The van der Waals surface area contributed by atoms with E-state index in [9.17, 15) is 4.79 Å². The highest BCUT2D eigenvalue weighted by Gasteiger charge is 2.14. The van der Waals surface area contributed by atoms with Crippen molar-refractivity contribution < 1.29 is 4.79 Å². The minimum absolute atomic E-state index is 0.0165. The molecule has 1 aromatic carbocycles. The van der Waals surface area contributed by atoms with Gasteiger partial charge in [0.2, 0.25) is 5.91 Å². The second-order valence-electron chi connectivity index (χ2n) is 5.78. The van der Waals surface area contributed by atoms with Crippen LogP contribution in [0, 0.1) is 5.92 Å². The number of aromatic nitrogens is 2. The first kappa shape index (κ1) is 15.4. The van der Waals surface area contributed by atoms with Gasteiger partial charge in [-0.2, -0.15) is 0 Å². The van der Waals surface area contributed by atoms with Gasteiger partial charge in [-0.3, -0.25) is 4.79 Å². The smallest absolute Gasteiger partial charge is 0.240 e. The van der Waals surface area contributed by atoms with E-state index in [1.165, 1.54) is 0 Å². The van der Waals surface area contributed by atoms with Crippen LogP contribution in [0.15, 0.2) is 18.2 Å². The molecule has 0 spiro atoms. The second kappa shape index (κ2) is 6.61. The van der Waals surface area contributed by atoms with Crippen LogP contribution in [0.4, 0.5) is 5.69 Å². The average molecular weight is 288 g/mol. The van der Waals surface area contributed by atoms with Crippen molar-refractivity contribution >= 4 is 22.6 Å². The van der Waals surface area contributed by atoms with E-state index >= 15 is 0 Å². The maximum atomic E-state index is 12.1. The lowest BCUT2D eigenvalue weighted by Gasteiger charge is -2.11. The molecule has 0 aliphatic heterocycles. The first-order valence-electron chi connectivity index (χ1n) is 7.53. The van der Waals surface area contributed by atoms with E-state index in [2.05, 4.69) is 31.1 Å². The maximum Gasteiger partial charge on any atom is 0.240 e. The number of benzene rings is 1. The molecule has 21 heavy (non-hydrogen) atoms. The lowest BCUT2D eigenvalue weighted by atomic mass is 10.2. The topological polar surface area (TPSA) is 72.9 Å². The van der Waals surface area contributed by atoms with Gasteiger partial charge in [-0.25, -0.2) is 4.98 Å². The summed E-state index contributed by atoms with van der Waals surface area (Å²) in [5, 5.41) is 2.95. The highest BCUT2D eigenvalue weighted by molar-refractivity contribution is 5.89. The highest BCUT2D eigenvalue weighted by Crippen LogP contribution is 2.22. The molecule has 0 atom stereocenters. The number of hydrogen-bond donors (Lipinski definition) is 2. The Morgan fingerprint density at radius 2 is 2.19 bits per heavy atom. The Hall–Kier alpha value is -2.04. The van der Waals surface area contributed by atoms with E-state index in [0.29, 0.717) is 24.7 Å². The lowest BCUT2D eigenvalue weighted by molar-refractivity contribution is -0.121. The number of nitrogen functional groups attached to an aromatic ring is 1. The van der Waals surface area contributed by atoms with Crippen LogP contribution < -0.4 is 11.1 Å². The van der Waals surface area contributed by atoms with E-state index in [1.54, 1.807) is 0 Å². The fourth-order valence-corrected chi connectivity index (χ4v) is 2.33. The third-order valence-electron chi connectivity index (χ3n) is 3.37. The number of fused-ring (bicyclic) bond motifs is 1. The van der Waals surface area contributed by atoms with Crippen molar-refractivity contribution in [2.75, 3.05) is 12.3 Å². The summed E-state index contributed by atoms with van der Waals surface area (Å²) in [4.78, 5) is 16.7. The minimum Gasteiger partial charge on any atom is -0.397 e. The summed E-state index contributed by atoms with van der Waals surface area (Å²) in [5.41, 5.74) is 8.36. The van der Waals surface area contributed by atoms with Gasteiger partial charge in [0.15, 0.2) is 0 Å². The molecular formula is C16H24N4O. The first-order chi connectivity index (χ1) is 10.0. The number of para-hydroxylation sites is 1. The maximum absolute atomic E-state index is 12.1. The zero-order valence-corrected chi connectivity index (χ0v) is 13.0. The summed E-state index contributed by atoms with van der Waals surface area (Å²) in [6.07, 6.45) is 1.82. The Kier molecular flexibility index (Phi) is 4.83. The Morgan fingerprint density at radius 3 is 2.86 bits per heavy atom. The molecule has 1 amide bonds. The number of nitrogens with one attached hydrogen (secondary N) is 1. The Bertz CT molecular complexity index is 630. The standard InChI is InChI=1S/C16H24N4O/c1-4-6-14-19-16-12(17)7-5-8-13(16)20(14)10-15(21)18-9-11(2)3/h5,7-8,11H,4,6,9-10,17H2,1-3H3,(H,18,21). The van der Waals surface area contributed by atoms with Gasteiger partial charge in [-0.15, -0.1) is 0 Å². The monoisotopic (exact) mass is 288 g/mol. The summed E-state index contributed by atoms with van der Waals surface area (Å²) in [6.45, 7) is 7.25. The van der Waals surface area contributed by atoms with Crippen molar-refractivity contribution in [1.82, 2.24) is 14.9 Å². The quantitative estimate of drug-likeness (QED) is 0.801. The number of rotatable bonds is 6. The van der Waals surface area contributed by atoms with E-state index in [4.69, 9.17) is 5.73 Å². The summed E-state index contributed by atoms with van der Waals surface area (Å²) >= 11 is 0. The fourth-order valence-electron chi connectivity index (χ4n) is 2.33. The third-order valence-corrected chi connectivity index (χ3v) is 3.37. The summed E-state index contributed by atoms with van der Waals surface area (Å²) in [5.74, 6) is 1.38. The molecule has 2 aromatic rings. The van der Waals surface area contributed by atoms with E-state index in [0.717, 1.165) is 29.7 Å². The fraction of sp³-hybridized carbons (Fsp3) is 0.500. The van der Waals surface area contributed by atoms with Crippen molar-refractivity contribution in [3.63, 3.8) is 0 Å². The van der Waals surface area contributed by atoms with Crippen LogP contribution in [0.3, 0.4) is 0 Å². The van der Waals surface area contributed by atoms with Crippen molar-refractivity contribution in [3.05, 3.63) is 24.0 Å². The summed E-state index contributed by atoms with van der Waals surface area (Å²) in [7, 11) is 0. The zero-order chi connectivity index (χ0) is 15.4. The molecule has 0 fully saturated rings. The van der Waals surface area contributed by atoms with Crippen LogP contribution in [0.5, 0.6) is 0 Å². The molecule has 0 radical (unpaired) electrons. The molecule has 114 valence electrons. The van der Waals surface area contributed by atoms with E-state index < -0.39 is 0 Å². The normalized spacial score (nSPS) is 11.2. The number of anilines is 1. The van der Waals surface area contributed by atoms with Crippen molar-refractivity contribution in [3.8, 4) is 0 Å². The molecule has 0 aliphatic rings.